The average Bonchev–Trinajstić information content (AvgIpc) is 2.49. The lowest BCUT2D eigenvalue weighted by atomic mass is 10.0. The van der Waals surface area contributed by atoms with E-state index >= 15 is 0 Å². The van der Waals surface area contributed by atoms with Crippen LogP contribution in [0.15, 0.2) is 18.3 Å². The predicted molar refractivity (Wildman–Crippen MR) is 101 cm³/mol. The molecule has 0 fully saturated rings. The number of halogens is 1. The minimum atomic E-state index is -0.269. The van der Waals surface area contributed by atoms with Gasteiger partial charge in [-0.15, -0.1) is 0 Å². The summed E-state index contributed by atoms with van der Waals surface area (Å²) < 4.78 is 12.2. The fraction of sp³-hybridized carbons (Fsp3) is 0.312. The van der Waals surface area contributed by atoms with Crippen molar-refractivity contribution in [1.82, 2.24) is 9.97 Å². The van der Waals surface area contributed by atoms with Crippen LogP contribution in [0, 0.1) is 3.57 Å². The second-order valence-corrected chi connectivity index (χ2v) is 6.57. The topological polar surface area (TPSA) is 99.4 Å². The molecule has 3 N–H and O–H groups in total. The Morgan fingerprint density at radius 2 is 2.00 bits per heavy atom. The van der Waals surface area contributed by atoms with Crippen molar-refractivity contribution in [1.29, 1.82) is 0 Å². The lowest BCUT2D eigenvalue weighted by Crippen LogP contribution is -2.10. The molecule has 0 bridgehead atoms. The standard InChI is InChI=1S/C16H19IN4O3/c1-8(2)10-5-13(23-4)11(17)6-12(10)24-14-7-19-16(20-9(3)22)21-15(14)18/h5-8H,1-4H3,(H3,18,19,20,21,22). The molecule has 1 heterocycles. The van der Waals surface area contributed by atoms with Gasteiger partial charge in [-0.1, -0.05) is 13.8 Å². The van der Waals surface area contributed by atoms with Crippen molar-refractivity contribution in [2.45, 2.75) is 26.7 Å². The lowest BCUT2D eigenvalue weighted by molar-refractivity contribution is -0.114. The molecular weight excluding hydrogens is 423 g/mol. The van der Waals surface area contributed by atoms with Gasteiger partial charge < -0.3 is 15.2 Å². The number of nitrogens with one attached hydrogen (secondary N) is 1. The Hall–Kier alpha value is -2.10. The molecule has 2 rings (SSSR count). The second kappa shape index (κ2) is 7.65. The van der Waals surface area contributed by atoms with Crippen molar-refractivity contribution in [2.24, 2.45) is 0 Å². The third kappa shape index (κ3) is 4.25. The number of nitrogen functional groups attached to an aromatic ring is 1. The van der Waals surface area contributed by atoms with E-state index in [2.05, 4.69) is 51.7 Å². The molecule has 2 aromatic rings. The summed E-state index contributed by atoms with van der Waals surface area (Å²) in [6, 6.07) is 3.83. The molecule has 128 valence electrons. The van der Waals surface area contributed by atoms with Gasteiger partial charge in [0.1, 0.15) is 11.5 Å². The number of methoxy groups -OCH3 is 1. The minimum absolute atomic E-state index is 0.140. The van der Waals surface area contributed by atoms with Gasteiger partial charge in [0.25, 0.3) is 0 Å². The Labute approximate surface area is 154 Å². The summed E-state index contributed by atoms with van der Waals surface area (Å²) in [6.45, 7) is 5.50. The number of hydrogen-bond donors (Lipinski definition) is 2. The largest absolute Gasteiger partial charge is 0.496 e. The molecule has 1 aromatic carbocycles. The smallest absolute Gasteiger partial charge is 0.231 e. The molecule has 0 atom stereocenters. The normalized spacial score (nSPS) is 10.6. The van der Waals surface area contributed by atoms with Gasteiger partial charge in [-0.3, -0.25) is 10.1 Å². The first-order chi connectivity index (χ1) is 11.3. The van der Waals surface area contributed by atoms with Crippen LogP contribution in [0.1, 0.15) is 32.3 Å². The van der Waals surface area contributed by atoms with E-state index in [4.69, 9.17) is 15.2 Å². The quantitative estimate of drug-likeness (QED) is 0.688. The van der Waals surface area contributed by atoms with Crippen LogP contribution >= 0.6 is 22.6 Å². The van der Waals surface area contributed by atoms with Crippen LogP contribution in [0.2, 0.25) is 0 Å². The first-order valence-electron chi connectivity index (χ1n) is 7.27. The van der Waals surface area contributed by atoms with Gasteiger partial charge in [-0.05, 0) is 40.6 Å². The van der Waals surface area contributed by atoms with Crippen LogP contribution in [0.4, 0.5) is 11.8 Å². The SMILES string of the molecule is COc1cc(C(C)C)c(Oc2cnc(NC(C)=O)nc2N)cc1I. The number of benzene rings is 1. The number of rotatable bonds is 5. The van der Waals surface area contributed by atoms with E-state index in [9.17, 15) is 4.79 Å². The van der Waals surface area contributed by atoms with Gasteiger partial charge in [0, 0.05) is 12.5 Å². The van der Waals surface area contributed by atoms with Crippen molar-refractivity contribution >= 4 is 40.3 Å². The summed E-state index contributed by atoms with van der Waals surface area (Å²) in [5, 5.41) is 2.48. The van der Waals surface area contributed by atoms with E-state index in [1.807, 2.05) is 12.1 Å². The highest BCUT2D eigenvalue weighted by Gasteiger charge is 2.16. The summed E-state index contributed by atoms with van der Waals surface area (Å²) in [6.07, 6.45) is 1.44. The minimum Gasteiger partial charge on any atom is -0.496 e. The number of hydrogen-bond acceptors (Lipinski definition) is 6. The Morgan fingerprint density at radius 1 is 1.29 bits per heavy atom. The van der Waals surface area contributed by atoms with Crippen LogP contribution in [0.25, 0.3) is 0 Å². The van der Waals surface area contributed by atoms with E-state index in [0.717, 1.165) is 14.9 Å². The molecule has 0 aliphatic rings. The highest BCUT2D eigenvalue weighted by atomic mass is 127. The molecule has 0 aliphatic carbocycles. The van der Waals surface area contributed by atoms with Gasteiger partial charge in [0.15, 0.2) is 11.6 Å². The molecule has 7 nitrogen and oxygen atoms in total. The Morgan fingerprint density at radius 3 is 2.54 bits per heavy atom. The Kier molecular flexibility index (Phi) is 5.81. The third-order valence-electron chi connectivity index (χ3n) is 3.20. The van der Waals surface area contributed by atoms with Crippen LogP contribution in [-0.4, -0.2) is 23.0 Å². The number of nitrogens with two attached hydrogens (primary N) is 1. The summed E-state index contributed by atoms with van der Waals surface area (Å²) in [4.78, 5) is 19.1. The highest BCUT2D eigenvalue weighted by Crippen LogP contribution is 2.37. The zero-order valence-electron chi connectivity index (χ0n) is 13.9. The van der Waals surface area contributed by atoms with Crippen molar-refractivity contribution in [3.8, 4) is 17.2 Å². The number of carbonyl (C=O) groups is 1. The van der Waals surface area contributed by atoms with Crippen molar-refractivity contribution in [2.75, 3.05) is 18.2 Å². The molecule has 0 saturated carbocycles. The highest BCUT2D eigenvalue weighted by molar-refractivity contribution is 14.1. The number of carbonyl (C=O) groups excluding carboxylic acids is 1. The van der Waals surface area contributed by atoms with E-state index in [0.29, 0.717) is 11.5 Å². The summed E-state index contributed by atoms with van der Waals surface area (Å²) >= 11 is 2.18. The van der Waals surface area contributed by atoms with Crippen LogP contribution in [-0.2, 0) is 4.79 Å². The predicted octanol–water partition coefficient (Wildman–Crippen LogP) is 3.55. The fourth-order valence-corrected chi connectivity index (χ4v) is 2.70. The van der Waals surface area contributed by atoms with Crippen molar-refractivity contribution in [3.63, 3.8) is 0 Å². The van der Waals surface area contributed by atoms with Gasteiger partial charge in [-0.2, -0.15) is 4.98 Å². The zero-order valence-corrected chi connectivity index (χ0v) is 16.0. The van der Waals surface area contributed by atoms with Gasteiger partial charge in [0.05, 0.1) is 16.9 Å². The first-order valence-corrected chi connectivity index (χ1v) is 8.35. The maximum atomic E-state index is 11.0. The Bertz CT molecular complexity index is 765. The van der Waals surface area contributed by atoms with Crippen molar-refractivity contribution < 1.29 is 14.3 Å². The summed E-state index contributed by atoms with van der Waals surface area (Å²) in [7, 11) is 1.63. The van der Waals surface area contributed by atoms with E-state index < -0.39 is 0 Å². The maximum absolute atomic E-state index is 11.0. The average molecular weight is 442 g/mol. The van der Waals surface area contributed by atoms with Crippen LogP contribution in [0.3, 0.4) is 0 Å². The monoisotopic (exact) mass is 442 g/mol. The molecule has 0 saturated heterocycles. The van der Waals surface area contributed by atoms with Gasteiger partial charge in [0.2, 0.25) is 11.9 Å². The molecular formula is C16H19IN4O3. The van der Waals surface area contributed by atoms with Gasteiger partial charge >= 0.3 is 0 Å². The molecule has 1 amide bonds. The molecule has 24 heavy (non-hydrogen) atoms. The third-order valence-corrected chi connectivity index (χ3v) is 4.04. The summed E-state index contributed by atoms with van der Waals surface area (Å²) in [5.74, 6) is 2.03. The lowest BCUT2D eigenvalue weighted by Gasteiger charge is -2.17. The van der Waals surface area contributed by atoms with E-state index in [-0.39, 0.29) is 23.6 Å². The molecule has 0 unspecified atom stereocenters. The number of amides is 1. The maximum Gasteiger partial charge on any atom is 0.231 e. The van der Waals surface area contributed by atoms with E-state index in [1.54, 1.807) is 7.11 Å². The van der Waals surface area contributed by atoms with Crippen molar-refractivity contribution in [3.05, 3.63) is 27.5 Å². The molecule has 0 aliphatic heterocycles. The first kappa shape index (κ1) is 18.2. The fourth-order valence-electron chi connectivity index (χ4n) is 2.05. The van der Waals surface area contributed by atoms with E-state index in [1.165, 1.54) is 13.1 Å². The van der Waals surface area contributed by atoms with Gasteiger partial charge in [-0.25, -0.2) is 4.98 Å². The van der Waals surface area contributed by atoms with Crippen LogP contribution in [0.5, 0.6) is 17.2 Å². The number of anilines is 2. The molecule has 0 spiro atoms. The molecule has 0 radical (unpaired) electrons. The number of aromatic nitrogens is 2. The second-order valence-electron chi connectivity index (χ2n) is 5.41. The zero-order chi connectivity index (χ0) is 17.9. The Balaban J connectivity index is 2.37. The summed E-state index contributed by atoms with van der Waals surface area (Å²) in [5.41, 5.74) is 6.90. The molecule has 8 heteroatoms. The number of nitrogens with zero attached hydrogens (tertiary/aromatic N) is 2. The number of ether oxygens (including phenoxy) is 2. The van der Waals surface area contributed by atoms with Crippen LogP contribution < -0.4 is 20.5 Å². The molecule has 1 aromatic heterocycles.